The van der Waals surface area contributed by atoms with Gasteiger partial charge in [-0.25, -0.2) is 0 Å². The van der Waals surface area contributed by atoms with Gasteiger partial charge in [0.05, 0.1) is 19.0 Å². The average Bonchev–Trinajstić information content (AvgIpc) is 2.35. The Morgan fingerprint density at radius 3 is 2.26 bits per heavy atom. The van der Waals surface area contributed by atoms with Crippen molar-refractivity contribution in [3.8, 4) is 0 Å². The van der Waals surface area contributed by atoms with Crippen molar-refractivity contribution in [2.75, 3.05) is 25.5 Å². The van der Waals surface area contributed by atoms with Crippen LogP contribution in [0.25, 0.3) is 0 Å². The van der Waals surface area contributed by atoms with E-state index in [0.29, 0.717) is 24.9 Å². The summed E-state index contributed by atoms with van der Waals surface area (Å²) in [6, 6.07) is 0. The first-order valence-corrected chi connectivity index (χ1v) is 10.5. The van der Waals surface area contributed by atoms with Crippen molar-refractivity contribution in [1.29, 1.82) is 0 Å². The van der Waals surface area contributed by atoms with Crippen LogP contribution in [0.4, 0.5) is 0 Å². The lowest BCUT2D eigenvalue weighted by atomic mass is 10.7. The summed E-state index contributed by atoms with van der Waals surface area (Å²) >= 11 is 11.4. The van der Waals surface area contributed by atoms with E-state index in [1.165, 1.54) is 11.4 Å². The summed E-state index contributed by atoms with van der Waals surface area (Å²) in [5.41, 5.74) is 2.64. The van der Waals surface area contributed by atoms with Crippen molar-refractivity contribution in [2.24, 2.45) is 0 Å². The Hall–Kier alpha value is 0.0800. The molecule has 1 amide bonds. The van der Waals surface area contributed by atoms with Gasteiger partial charge in [0.15, 0.2) is 5.11 Å². The van der Waals surface area contributed by atoms with E-state index in [2.05, 4.69) is 16.2 Å². The fraction of sp³-hybridized carbons (Fsp3) is 0.778. The third-order valence-electron chi connectivity index (χ3n) is 1.58. The highest BCUT2D eigenvalue weighted by molar-refractivity contribution is 8.68. The van der Waals surface area contributed by atoms with E-state index in [-0.39, 0.29) is 11.7 Å². The molecule has 0 radical (unpaired) electrons. The number of rotatable bonds is 8. The van der Waals surface area contributed by atoms with Crippen LogP contribution in [-0.4, -0.2) is 36.5 Å². The predicted octanol–water partition coefficient (Wildman–Crippen LogP) is 1.53. The zero-order valence-electron chi connectivity index (χ0n) is 11.2. The van der Waals surface area contributed by atoms with E-state index < -0.39 is 5.69 Å². The molecule has 3 N–H and O–H groups in total. The number of hydrogen-bond acceptors (Lipinski definition) is 6. The Balaban J connectivity index is 4.05. The van der Waals surface area contributed by atoms with Gasteiger partial charge in [0.2, 0.25) is 11.6 Å². The summed E-state index contributed by atoms with van der Waals surface area (Å²) in [4.78, 5) is 11.6. The maximum atomic E-state index is 11.6. The van der Waals surface area contributed by atoms with Crippen LogP contribution < -0.4 is 16.2 Å². The standard InChI is InChI=1S/C9H20N3O3PS3/c1-4-10-9(17)12-11-8(13)7-19-16(18,14-5-2)15-6-3/h4-7H2,1-3H3,(H,11,13)(H2,10,12,17). The summed E-state index contributed by atoms with van der Waals surface area (Å²) in [6.45, 7) is 7.22. The first-order chi connectivity index (χ1) is 8.97. The van der Waals surface area contributed by atoms with E-state index in [9.17, 15) is 4.79 Å². The molecule has 0 aliphatic heterocycles. The summed E-state index contributed by atoms with van der Waals surface area (Å²) in [5.74, 6) is -0.0853. The van der Waals surface area contributed by atoms with Gasteiger partial charge in [-0.2, -0.15) is 0 Å². The lowest BCUT2D eigenvalue weighted by molar-refractivity contribution is -0.119. The van der Waals surface area contributed by atoms with Crippen LogP contribution in [-0.2, 0) is 25.6 Å². The van der Waals surface area contributed by atoms with Crippen molar-refractivity contribution in [1.82, 2.24) is 16.2 Å². The highest BCUT2D eigenvalue weighted by Crippen LogP contribution is 2.60. The monoisotopic (exact) mass is 345 g/mol. The molecule has 0 saturated carbocycles. The van der Waals surface area contributed by atoms with Gasteiger partial charge >= 0.3 is 0 Å². The molecule has 0 unspecified atom stereocenters. The highest BCUT2D eigenvalue weighted by atomic mass is 32.9. The largest absolute Gasteiger partial charge is 0.362 e. The van der Waals surface area contributed by atoms with Crippen LogP contribution in [0.2, 0.25) is 0 Å². The normalized spacial score (nSPS) is 10.9. The van der Waals surface area contributed by atoms with Gasteiger partial charge in [-0.1, -0.05) is 11.4 Å². The van der Waals surface area contributed by atoms with Crippen LogP contribution in [0.1, 0.15) is 20.8 Å². The first-order valence-electron chi connectivity index (χ1n) is 5.83. The van der Waals surface area contributed by atoms with E-state index in [1.807, 2.05) is 20.8 Å². The smallest absolute Gasteiger partial charge is 0.248 e. The minimum absolute atomic E-state index is 0.152. The van der Waals surface area contributed by atoms with E-state index in [1.54, 1.807) is 0 Å². The Bertz CT molecular complexity index is 334. The second-order valence-corrected chi connectivity index (χ2v) is 9.81. The first kappa shape index (κ1) is 19.1. The highest BCUT2D eigenvalue weighted by Gasteiger charge is 2.20. The fourth-order valence-corrected chi connectivity index (χ4v) is 5.34. The molecule has 19 heavy (non-hydrogen) atoms. The molecule has 0 bridgehead atoms. The van der Waals surface area contributed by atoms with Gasteiger partial charge in [-0.15, -0.1) is 0 Å². The van der Waals surface area contributed by atoms with Crippen LogP contribution in [0.15, 0.2) is 0 Å². The molecule has 0 spiro atoms. The molecule has 0 aliphatic rings. The quantitative estimate of drug-likeness (QED) is 0.348. The molecule has 112 valence electrons. The molecule has 0 saturated heterocycles. The molecule has 0 aromatic rings. The van der Waals surface area contributed by atoms with Gasteiger partial charge in [0.25, 0.3) is 0 Å². The van der Waals surface area contributed by atoms with Gasteiger partial charge < -0.3 is 14.4 Å². The van der Waals surface area contributed by atoms with Gasteiger partial charge in [-0.3, -0.25) is 15.6 Å². The predicted molar refractivity (Wildman–Crippen MR) is 87.5 cm³/mol. The van der Waals surface area contributed by atoms with E-state index >= 15 is 0 Å². The molecule has 10 heteroatoms. The topological polar surface area (TPSA) is 71.6 Å². The number of hydrazine groups is 1. The molecule has 0 rings (SSSR count). The molecule has 0 atom stereocenters. The lowest BCUT2D eigenvalue weighted by Gasteiger charge is -2.19. The number of nitrogens with one attached hydrogen (secondary N) is 3. The SMILES string of the molecule is CCNC(=S)NNC(=O)CSP(=S)(OCC)OCC. The fourth-order valence-electron chi connectivity index (χ4n) is 0.933. The Kier molecular flexibility index (Phi) is 10.9. The van der Waals surface area contributed by atoms with Gasteiger partial charge in [0, 0.05) is 6.54 Å². The second kappa shape index (κ2) is 10.8. The van der Waals surface area contributed by atoms with Crippen LogP contribution >= 0.6 is 29.3 Å². The third-order valence-corrected chi connectivity index (χ3v) is 7.23. The van der Waals surface area contributed by atoms with Crippen molar-refractivity contribution in [3.05, 3.63) is 0 Å². The second-order valence-electron chi connectivity index (χ2n) is 3.09. The molecule has 6 nitrogen and oxygen atoms in total. The zero-order chi connectivity index (χ0) is 14.7. The number of thiocarbonyl (C=S) groups is 1. The Morgan fingerprint density at radius 1 is 1.21 bits per heavy atom. The molecule has 0 fully saturated rings. The summed E-state index contributed by atoms with van der Waals surface area (Å²) < 4.78 is 10.8. The van der Waals surface area contributed by atoms with Gasteiger partial charge in [0.1, 0.15) is 0 Å². The van der Waals surface area contributed by atoms with E-state index in [4.69, 9.17) is 33.1 Å². The third kappa shape index (κ3) is 9.59. The van der Waals surface area contributed by atoms with E-state index in [0.717, 1.165) is 0 Å². The lowest BCUT2D eigenvalue weighted by Crippen LogP contribution is -2.47. The van der Waals surface area contributed by atoms with Crippen molar-refractivity contribution < 1.29 is 13.8 Å². The zero-order valence-corrected chi connectivity index (χ0v) is 14.6. The molecule has 0 aromatic heterocycles. The van der Waals surface area contributed by atoms with Gasteiger partial charge in [-0.05, 0) is 44.8 Å². The minimum Gasteiger partial charge on any atom is -0.362 e. The average molecular weight is 345 g/mol. The number of amides is 1. The minimum atomic E-state index is -2.42. The molecule has 0 aliphatic carbocycles. The summed E-state index contributed by atoms with van der Waals surface area (Å²) in [6.07, 6.45) is 0. The number of hydrogen-bond donors (Lipinski definition) is 3. The molecule has 0 aromatic carbocycles. The Labute approximate surface area is 128 Å². The molecule has 0 heterocycles. The number of carbonyl (C=O) groups excluding carboxylic acids is 1. The maximum absolute atomic E-state index is 11.6. The van der Waals surface area contributed by atoms with Crippen molar-refractivity contribution >= 4 is 52.1 Å². The summed E-state index contributed by atoms with van der Waals surface area (Å²) in [7, 11) is 0. The van der Waals surface area contributed by atoms with Crippen LogP contribution in [0, 0.1) is 0 Å². The Morgan fingerprint density at radius 2 is 1.79 bits per heavy atom. The van der Waals surface area contributed by atoms with Crippen LogP contribution in [0.5, 0.6) is 0 Å². The van der Waals surface area contributed by atoms with Crippen LogP contribution in [0.3, 0.4) is 0 Å². The van der Waals surface area contributed by atoms with Crippen molar-refractivity contribution in [3.63, 3.8) is 0 Å². The molecular weight excluding hydrogens is 325 g/mol. The number of carbonyl (C=O) groups is 1. The molecular formula is C9H20N3O3PS3. The van der Waals surface area contributed by atoms with Crippen molar-refractivity contribution in [2.45, 2.75) is 20.8 Å². The maximum Gasteiger partial charge on any atom is 0.248 e. The summed E-state index contributed by atoms with van der Waals surface area (Å²) in [5, 5.41) is 3.22.